The minimum absolute atomic E-state index is 0. The van der Waals surface area contributed by atoms with Gasteiger partial charge in [0, 0.05) is 49.5 Å². The Labute approximate surface area is 294 Å². The Morgan fingerprint density at radius 1 is 0.688 bits per heavy atom. The molecular weight excluding hydrogens is 774 g/mol. The molecule has 3 heterocycles. The summed E-state index contributed by atoms with van der Waals surface area (Å²) in [4.78, 5) is 10.6. The van der Waals surface area contributed by atoms with E-state index in [4.69, 9.17) is 14.4 Å². The average molecular weight is 808 g/mol. The number of aromatic hydroxyl groups is 1. The molecule has 0 atom stereocenters. The average Bonchev–Trinajstić information content (AvgIpc) is 3.68. The zero-order chi connectivity index (χ0) is 32.2. The number of hydrogen-bond donors (Lipinski definition) is 1. The first-order valence-electron chi connectivity index (χ1n) is 16.1. The molecule has 0 bridgehead atoms. The van der Waals surface area contributed by atoms with E-state index in [0.29, 0.717) is 17.0 Å². The van der Waals surface area contributed by atoms with Crippen LogP contribution in [0.3, 0.4) is 0 Å². The Bertz CT molecular complexity index is 2410. The summed E-state index contributed by atoms with van der Waals surface area (Å²) in [5.41, 5.74) is 8.78. The van der Waals surface area contributed by atoms with Crippen LogP contribution in [0.2, 0.25) is 0 Å². The molecule has 0 spiro atoms. The van der Waals surface area contributed by atoms with Gasteiger partial charge in [-0.1, -0.05) is 94.4 Å². The number of para-hydroxylation sites is 2. The Balaban J connectivity index is 0.00000364. The number of rotatable bonds is 6. The molecule has 0 saturated heterocycles. The third kappa shape index (κ3) is 5.33. The zero-order valence-corrected chi connectivity index (χ0v) is 29.4. The van der Waals surface area contributed by atoms with Crippen molar-refractivity contribution in [2.75, 3.05) is 0 Å². The van der Waals surface area contributed by atoms with Crippen molar-refractivity contribution in [2.45, 2.75) is 39.5 Å². The van der Waals surface area contributed by atoms with Crippen LogP contribution in [0.25, 0.3) is 72.4 Å². The molecule has 3 aromatic heterocycles. The predicted octanol–water partition coefficient (Wildman–Crippen LogP) is 11.1. The van der Waals surface area contributed by atoms with Crippen LogP contribution in [0.1, 0.15) is 50.7 Å². The van der Waals surface area contributed by atoms with Gasteiger partial charge in [-0.05, 0) is 46.2 Å². The van der Waals surface area contributed by atoms with Crippen LogP contribution in [0, 0.1) is 6.07 Å². The van der Waals surface area contributed by atoms with E-state index >= 15 is 0 Å². The number of nitrogens with zero attached hydrogens (tertiary/aromatic N) is 3. The van der Waals surface area contributed by atoms with Gasteiger partial charge >= 0.3 is 0 Å². The van der Waals surface area contributed by atoms with Gasteiger partial charge in [0.25, 0.3) is 0 Å². The fourth-order valence-corrected chi connectivity index (χ4v) is 6.67. The molecule has 6 heteroatoms. The maximum absolute atomic E-state index is 11.6. The summed E-state index contributed by atoms with van der Waals surface area (Å²) in [5.74, 6) is 1.26. The third-order valence-corrected chi connectivity index (χ3v) is 8.99. The molecule has 0 radical (unpaired) electrons. The summed E-state index contributed by atoms with van der Waals surface area (Å²) in [6.07, 6.45) is 2.09. The predicted molar refractivity (Wildman–Crippen MR) is 191 cm³/mol. The molecule has 48 heavy (non-hydrogen) atoms. The second-order valence-electron chi connectivity index (χ2n) is 12.7. The third-order valence-electron chi connectivity index (χ3n) is 8.99. The molecule has 0 saturated carbocycles. The molecule has 240 valence electrons. The van der Waals surface area contributed by atoms with Crippen LogP contribution in [0.5, 0.6) is 5.75 Å². The van der Waals surface area contributed by atoms with Crippen molar-refractivity contribution >= 4 is 32.7 Å². The standard InChI is InChI=1S/C42H34N3O2.Pt/c1-25(2)29-18-12-19-30(26(3)4)41(29)45-24-36(40-31-16-9-8-15-28(31)21-35(43-40)27-13-6-5-7-14-27)44-42(45)34-22-33-32-17-10-11-20-38(32)47-39(33)23-37(34)46;/h5-13,15-26,46H,1-4H3;/q-1;. The topological polar surface area (TPSA) is 64.1 Å². The van der Waals surface area contributed by atoms with Crippen LogP contribution >= 0.6 is 0 Å². The number of phenolic OH excluding ortho intramolecular Hbond substituents is 1. The Morgan fingerprint density at radius 3 is 2.12 bits per heavy atom. The van der Waals surface area contributed by atoms with Crippen molar-refractivity contribution in [3.63, 3.8) is 0 Å². The zero-order valence-electron chi connectivity index (χ0n) is 27.1. The summed E-state index contributed by atoms with van der Waals surface area (Å²) in [6.45, 7) is 8.87. The van der Waals surface area contributed by atoms with Crippen LogP contribution in [-0.4, -0.2) is 19.6 Å². The minimum atomic E-state index is 0. The molecule has 0 amide bonds. The van der Waals surface area contributed by atoms with Gasteiger partial charge in [0.15, 0.2) is 0 Å². The van der Waals surface area contributed by atoms with E-state index in [1.54, 1.807) is 6.07 Å². The molecular formula is C42H34N3O2Pt-. The van der Waals surface area contributed by atoms with Crippen LogP contribution in [0.4, 0.5) is 0 Å². The maximum Gasteiger partial charge on any atom is 0.149 e. The van der Waals surface area contributed by atoms with Crippen molar-refractivity contribution in [3.05, 3.63) is 133 Å². The van der Waals surface area contributed by atoms with Crippen LogP contribution in [-0.2, 0) is 21.1 Å². The van der Waals surface area contributed by atoms with Gasteiger partial charge in [0.05, 0.1) is 16.9 Å². The largest absolute Gasteiger partial charge is 0.507 e. The monoisotopic (exact) mass is 807 g/mol. The number of imidazole rings is 1. The van der Waals surface area contributed by atoms with E-state index < -0.39 is 0 Å². The van der Waals surface area contributed by atoms with E-state index in [1.807, 2.05) is 66.7 Å². The van der Waals surface area contributed by atoms with Gasteiger partial charge in [-0.15, -0.1) is 35.9 Å². The fraction of sp³-hybridized carbons (Fsp3) is 0.143. The van der Waals surface area contributed by atoms with Crippen LogP contribution < -0.4 is 0 Å². The van der Waals surface area contributed by atoms with Gasteiger partial charge in [-0.25, -0.2) is 4.98 Å². The number of pyridine rings is 1. The van der Waals surface area contributed by atoms with E-state index in [2.05, 4.69) is 80.9 Å². The number of benzene rings is 5. The molecule has 5 aromatic carbocycles. The van der Waals surface area contributed by atoms with E-state index in [9.17, 15) is 5.11 Å². The number of hydrogen-bond acceptors (Lipinski definition) is 4. The molecule has 0 aliphatic rings. The smallest absolute Gasteiger partial charge is 0.149 e. The summed E-state index contributed by atoms with van der Waals surface area (Å²) in [6, 6.07) is 39.9. The van der Waals surface area contributed by atoms with Gasteiger partial charge in [0.1, 0.15) is 28.4 Å². The Kier molecular flexibility index (Phi) is 8.27. The first-order chi connectivity index (χ1) is 22.9. The quantitative estimate of drug-likeness (QED) is 0.170. The molecule has 5 nitrogen and oxygen atoms in total. The van der Waals surface area contributed by atoms with Gasteiger partial charge in [-0.2, -0.15) is 0 Å². The van der Waals surface area contributed by atoms with E-state index in [1.165, 1.54) is 11.1 Å². The summed E-state index contributed by atoms with van der Waals surface area (Å²) in [5, 5.41) is 15.6. The molecule has 0 unspecified atom stereocenters. The molecule has 0 aliphatic carbocycles. The molecule has 8 rings (SSSR count). The Hall–Kier alpha value is -4.99. The van der Waals surface area contributed by atoms with Gasteiger partial charge in [0.2, 0.25) is 0 Å². The summed E-state index contributed by atoms with van der Waals surface area (Å²) < 4.78 is 8.29. The maximum atomic E-state index is 11.6. The summed E-state index contributed by atoms with van der Waals surface area (Å²) >= 11 is 0. The number of phenols is 1. The molecule has 1 N–H and O–H groups in total. The van der Waals surface area contributed by atoms with Crippen molar-refractivity contribution in [1.82, 2.24) is 14.5 Å². The van der Waals surface area contributed by atoms with Crippen molar-refractivity contribution in [1.29, 1.82) is 0 Å². The molecule has 8 aromatic rings. The molecule has 0 aliphatic heterocycles. The van der Waals surface area contributed by atoms with Gasteiger partial charge in [-0.3, -0.25) is 9.55 Å². The number of aromatic nitrogens is 3. The van der Waals surface area contributed by atoms with Crippen molar-refractivity contribution in [2.24, 2.45) is 0 Å². The number of furan rings is 1. The van der Waals surface area contributed by atoms with Gasteiger partial charge < -0.3 is 9.52 Å². The van der Waals surface area contributed by atoms with Crippen molar-refractivity contribution < 1.29 is 30.6 Å². The van der Waals surface area contributed by atoms with Crippen LogP contribution in [0.15, 0.2) is 120 Å². The van der Waals surface area contributed by atoms with E-state index in [0.717, 1.165) is 55.5 Å². The summed E-state index contributed by atoms with van der Waals surface area (Å²) in [7, 11) is 0. The first kappa shape index (κ1) is 31.6. The second-order valence-corrected chi connectivity index (χ2v) is 12.7. The SMILES string of the molecule is CC(C)c1cccc(C(C)C)c1-n1cc(-c2nc(-c3[c-]cccc3)cc3ccccc23)nc1-c1cc2c(cc1O)oc1ccccc12.[Pt]. The molecule has 0 fully saturated rings. The number of fused-ring (bicyclic) bond motifs is 4. The first-order valence-corrected chi connectivity index (χ1v) is 16.1. The normalized spacial score (nSPS) is 11.6. The van der Waals surface area contributed by atoms with E-state index in [-0.39, 0.29) is 38.7 Å². The second kappa shape index (κ2) is 12.6. The fourth-order valence-electron chi connectivity index (χ4n) is 6.67. The minimum Gasteiger partial charge on any atom is -0.507 e. The van der Waals surface area contributed by atoms with Crippen molar-refractivity contribution in [3.8, 4) is 45.5 Å². The Morgan fingerprint density at radius 2 is 1.40 bits per heavy atom.